The van der Waals surface area contributed by atoms with Gasteiger partial charge in [-0.2, -0.15) is 0 Å². The summed E-state index contributed by atoms with van der Waals surface area (Å²) in [5, 5.41) is 3.99. The van der Waals surface area contributed by atoms with Crippen LogP contribution in [0.3, 0.4) is 0 Å². The molecular weight excluding hydrogens is 244 g/mol. The molecule has 0 aromatic carbocycles. The highest BCUT2D eigenvalue weighted by molar-refractivity contribution is 5.84. The number of hydrogen-bond donors (Lipinski definition) is 0. The van der Waals surface area contributed by atoms with Crippen LogP contribution in [0.25, 0.3) is 0 Å². The van der Waals surface area contributed by atoms with Crippen molar-refractivity contribution < 1.29 is 9.59 Å². The first kappa shape index (κ1) is 14.1. The molecule has 0 radical (unpaired) electrons. The van der Waals surface area contributed by atoms with E-state index in [0.29, 0.717) is 6.54 Å². The second-order valence-corrected chi connectivity index (χ2v) is 5.48. The summed E-state index contributed by atoms with van der Waals surface area (Å²) in [5.41, 5.74) is 0. The highest BCUT2D eigenvalue weighted by Gasteiger charge is 2.31. The molecule has 0 aromatic rings. The van der Waals surface area contributed by atoms with Gasteiger partial charge < -0.3 is 9.80 Å². The largest absolute Gasteiger partial charge is 0.347 e. The molecule has 0 aliphatic carbocycles. The van der Waals surface area contributed by atoms with Gasteiger partial charge in [0.25, 0.3) is 0 Å². The lowest BCUT2D eigenvalue weighted by Gasteiger charge is -2.43. The van der Waals surface area contributed by atoms with Gasteiger partial charge in [0.05, 0.1) is 0 Å². The number of urea groups is 1. The van der Waals surface area contributed by atoms with E-state index in [9.17, 15) is 9.59 Å². The number of likely N-dealkylation sites (N-methyl/N-ethyl adjacent to an activating group) is 1. The summed E-state index contributed by atoms with van der Waals surface area (Å²) in [4.78, 5) is 27.4. The Kier molecular flexibility index (Phi) is 4.63. The summed E-state index contributed by atoms with van der Waals surface area (Å²) in [6, 6.07) is -0.0108. The van der Waals surface area contributed by atoms with Crippen molar-refractivity contribution in [3.8, 4) is 0 Å². The Morgan fingerprint density at radius 2 is 1.74 bits per heavy atom. The molecule has 0 N–H and O–H groups in total. The van der Waals surface area contributed by atoms with Gasteiger partial charge in [-0.05, 0) is 19.3 Å². The average Bonchev–Trinajstić information content (AvgIpc) is 2.42. The van der Waals surface area contributed by atoms with Gasteiger partial charge in [0.1, 0.15) is 6.54 Å². The molecule has 3 amide bonds. The molecule has 0 saturated carbocycles. The lowest BCUT2D eigenvalue weighted by molar-refractivity contribution is -0.130. The summed E-state index contributed by atoms with van der Waals surface area (Å²) >= 11 is 0. The highest BCUT2D eigenvalue weighted by Crippen LogP contribution is 2.17. The van der Waals surface area contributed by atoms with Gasteiger partial charge in [-0.25, -0.2) is 9.80 Å². The maximum atomic E-state index is 12.4. The predicted octanol–water partition coefficient (Wildman–Crippen LogP) is 0.603. The molecular formula is C13H24N4O2. The molecule has 0 atom stereocenters. The Bertz CT molecular complexity index is 340. The second kappa shape index (κ2) is 6.23. The molecule has 19 heavy (non-hydrogen) atoms. The van der Waals surface area contributed by atoms with Crippen molar-refractivity contribution in [1.29, 1.82) is 0 Å². The number of rotatable bonds is 3. The van der Waals surface area contributed by atoms with Crippen molar-refractivity contribution in [2.45, 2.75) is 25.7 Å². The minimum absolute atomic E-state index is 0.0108. The van der Waals surface area contributed by atoms with Crippen molar-refractivity contribution in [3.63, 3.8) is 0 Å². The van der Waals surface area contributed by atoms with Crippen LogP contribution in [0.5, 0.6) is 0 Å². The molecule has 0 unspecified atom stereocenters. The summed E-state index contributed by atoms with van der Waals surface area (Å²) in [6.07, 6.45) is 4.49. The molecule has 2 aliphatic heterocycles. The van der Waals surface area contributed by atoms with Crippen LogP contribution in [-0.2, 0) is 4.79 Å². The lowest BCUT2D eigenvalue weighted by Crippen LogP contribution is -2.58. The Morgan fingerprint density at radius 3 is 2.37 bits per heavy atom. The van der Waals surface area contributed by atoms with E-state index >= 15 is 0 Å². The Balaban J connectivity index is 1.95. The fraction of sp³-hybridized carbons (Fsp3) is 0.846. The lowest BCUT2D eigenvalue weighted by atomic mass is 10.1. The van der Waals surface area contributed by atoms with Crippen LogP contribution < -0.4 is 0 Å². The van der Waals surface area contributed by atoms with E-state index in [1.807, 2.05) is 5.01 Å². The number of hydrazine groups is 1. The number of carbonyl (C=O) groups is 2. The molecule has 0 aromatic heterocycles. The Labute approximate surface area is 114 Å². The third-order valence-electron chi connectivity index (χ3n) is 3.79. The normalized spacial score (nSPS) is 21.7. The van der Waals surface area contributed by atoms with E-state index in [1.165, 1.54) is 11.3 Å². The third kappa shape index (κ3) is 3.37. The molecule has 6 heteroatoms. The van der Waals surface area contributed by atoms with E-state index in [0.717, 1.165) is 38.9 Å². The molecule has 2 saturated heterocycles. The maximum Gasteiger partial charge on any atom is 0.335 e. The third-order valence-corrected chi connectivity index (χ3v) is 3.79. The fourth-order valence-electron chi connectivity index (χ4n) is 2.60. The van der Waals surface area contributed by atoms with Gasteiger partial charge in [0.2, 0.25) is 5.91 Å². The summed E-state index contributed by atoms with van der Waals surface area (Å²) in [5.74, 6) is -0.0196. The Hall–Kier alpha value is -1.30. The monoisotopic (exact) mass is 268 g/mol. The Morgan fingerprint density at radius 1 is 1.05 bits per heavy atom. The van der Waals surface area contributed by atoms with Gasteiger partial charge in [-0.3, -0.25) is 9.80 Å². The molecule has 2 heterocycles. The van der Waals surface area contributed by atoms with Crippen LogP contribution >= 0.6 is 0 Å². The minimum atomic E-state index is -0.0196. The van der Waals surface area contributed by atoms with Crippen molar-refractivity contribution in [2.24, 2.45) is 0 Å². The standard InChI is InChI=1S/C13H24N4O2/c1-14(2)12(18)11-15-7-6-10-17(13(15)19)16-8-4-3-5-9-16/h3-11H2,1-2H3. The van der Waals surface area contributed by atoms with Gasteiger partial charge >= 0.3 is 6.03 Å². The van der Waals surface area contributed by atoms with Gasteiger partial charge in [0, 0.05) is 40.3 Å². The topological polar surface area (TPSA) is 47.1 Å². The molecule has 2 aliphatic rings. The SMILES string of the molecule is CN(C)C(=O)CN1CCCN(N2CCCCC2)C1=O. The van der Waals surface area contributed by atoms with Crippen molar-refractivity contribution in [3.05, 3.63) is 0 Å². The van der Waals surface area contributed by atoms with Crippen LogP contribution in [0.1, 0.15) is 25.7 Å². The number of hydrogen-bond acceptors (Lipinski definition) is 3. The van der Waals surface area contributed by atoms with E-state index < -0.39 is 0 Å². The molecule has 2 rings (SSSR count). The zero-order valence-corrected chi connectivity index (χ0v) is 12.0. The first-order valence-electron chi connectivity index (χ1n) is 7.11. The van der Waals surface area contributed by atoms with E-state index in [2.05, 4.69) is 5.01 Å². The quantitative estimate of drug-likeness (QED) is 0.753. The van der Waals surface area contributed by atoms with E-state index in [4.69, 9.17) is 0 Å². The molecule has 6 nitrogen and oxygen atoms in total. The number of nitrogens with zero attached hydrogens (tertiary/aromatic N) is 4. The maximum absolute atomic E-state index is 12.4. The average molecular weight is 268 g/mol. The van der Waals surface area contributed by atoms with Crippen molar-refractivity contribution >= 4 is 11.9 Å². The summed E-state index contributed by atoms with van der Waals surface area (Å²) in [6.45, 7) is 3.58. The number of amides is 3. The first-order valence-corrected chi connectivity index (χ1v) is 7.11. The minimum Gasteiger partial charge on any atom is -0.347 e. The van der Waals surface area contributed by atoms with Crippen molar-refractivity contribution in [2.75, 3.05) is 46.8 Å². The molecule has 0 spiro atoms. The summed E-state index contributed by atoms with van der Waals surface area (Å²) in [7, 11) is 3.44. The summed E-state index contributed by atoms with van der Waals surface area (Å²) < 4.78 is 0. The van der Waals surface area contributed by atoms with E-state index in [-0.39, 0.29) is 18.5 Å². The van der Waals surface area contributed by atoms with E-state index in [1.54, 1.807) is 19.0 Å². The van der Waals surface area contributed by atoms with Crippen LogP contribution in [0.15, 0.2) is 0 Å². The zero-order chi connectivity index (χ0) is 13.8. The van der Waals surface area contributed by atoms with Crippen LogP contribution in [0, 0.1) is 0 Å². The van der Waals surface area contributed by atoms with Crippen molar-refractivity contribution in [1.82, 2.24) is 19.8 Å². The number of carbonyl (C=O) groups excluding carboxylic acids is 2. The number of piperidine rings is 1. The first-order chi connectivity index (χ1) is 9.09. The highest BCUT2D eigenvalue weighted by atomic mass is 16.2. The molecule has 2 fully saturated rings. The van der Waals surface area contributed by atoms with Crippen LogP contribution in [0.4, 0.5) is 4.79 Å². The van der Waals surface area contributed by atoms with Gasteiger partial charge in [-0.1, -0.05) is 6.42 Å². The smallest absolute Gasteiger partial charge is 0.335 e. The molecule has 108 valence electrons. The van der Waals surface area contributed by atoms with Crippen LogP contribution in [0.2, 0.25) is 0 Å². The van der Waals surface area contributed by atoms with Gasteiger partial charge in [0.15, 0.2) is 0 Å². The fourth-order valence-corrected chi connectivity index (χ4v) is 2.60. The van der Waals surface area contributed by atoms with Gasteiger partial charge in [-0.15, -0.1) is 0 Å². The predicted molar refractivity (Wildman–Crippen MR) is 72.4 cm³/mol. The second-order valence-electron chi connectivity index (χ2n) is 5.48. The zero-order valence-electron chi connectivity index (χ0n) is 12.0. The van der Waals surface area contributed by atoms with Crippen LogP contribution in [-0.4, -0.2) is 78.6 Å². The molecule has 0 bridgehead atoms.